The predicted molar refractivity (Wildman–Crippen MR) is 80.1 cm³/mol. The van der Waals surface area contributed by atoms with E-state index in [0.717, 1.165) is 12.8 Å². The van der Waals surface area contributed by atoms with E-state index < -0.39 is 5.60 Å². The molecule has 2 atom stereocenters. The van der Waals surface area contributed by atoms with Gasteiger partial charge in [-0.3, -0.25) is 9.48 Å². The van der Waals surface area contributed by atoms with Crippen LogP contribution in [0.15, 0.2) is 29.4 Å². The van der Waals surface area contributed by atoms with E-state index in [4.69, 9.17) is 14.0 Å². The van der Waals surface area contributed by atoms with E-state index in [1.165, 1.54) is 12.5 Å². The first kappa shape index (κ1) is 15.3. The molecule has 128 valence electrons. The van der Waals surface area contributed by atoms with Crippen LogP contribution in [0.3, 0.4) is 0 Å². The summed E-state index contributed by atoms with van der Waals surface area (Å²) in [6, 6.07) is 1.57. The number of nitrogens with zero attached hydrogens (tertiary/aromatic N) is 5. The first-order valence-corrected chi connectivity index (χ1v) is 8.02. The van der Waals surface area contributed by atoms with Crippen LogP contribution < -0.4 is 0 Å². The molecule has 0 bridgehead atoms. The Morgan fingerprint density at radius 1 is 1.46 bits per heavy atom. The minimum Gasteiger partial charge on any atom is -0.377 e. The van der Waals surface area contributed by atoms with Crippen molar-refractivity contribution >= 4 is 5.91 Å². The second-order valence-corrected chi connectivity index (χ2v) is 6.24. The van der Waals surface area contributed by atoms with Crippen LogP contribution in [0.4, 0.5) is 0 Å². The van der Waals surface area contributed by atoms with E-state index in [2.05, 4.69) is 15.2 Å². The number of rotatable bonds is 3. The number of hydrogen-bond donors (Lipinski definition) is 0. The minimum absolute atomic E-state index is 0.0376. The highest BCUT2D eigenvalue weighted by Gasteiger charge is 2.44. The molecule has 0 saturated carbocycles. The van der Waals surface area contributed by atoms with Gasteiger partial charge in [-0.15, -0.1) is 0 Å². The molecule has 0 aromatic carbocycles. The Morgan fingerprint density at radius 3 is 3.21 bits per heavy atom. The van der Waals surface area contributed by atoms with E-state index >= 15 is 0 Å². The fraction of sp³-hybridized carbons (Fsp3) is 0.600. The summed E-state index contributed by atoms with van der Waals surface area (Å²) in [5.74, 6) is 0.0601. The van der Waals surface area contributed by atoms with E-state index in [-0.39, 0.29) is 17.8 Å². The van der Waals surface area contributed by atoms with Gasteiger partial charge in [-0.05, 0) is 12.8 Å². The number of amides is 1. The maximum Gasteiger partial charge on any atom is 0.292 e. The molecule has 2 aromatic rings. The molecule has 2 aliphatic rings. The molecule has 4 rings (SSSR count). The number of ether oxygens (including phenoxy) is 2. The molecule has 2 saturated heterocycles. The van der Waals surface area contributed by atoms with Gasteiger partial charge in [0, 0.05) is 12.6 Å². The van der Waals surface area contributed by atoms with Crippen molar-refractivity contribution in [1.82, 2.24) is 24.8 Å². The minimum atomic E-state index is -0.475. The van der Waals surface area contributed by atoms with E-state index in [0.29, 0.717) is 32.8 Å². The fourth-order valence-electron chi connectivity index (χ4n) is 3.34. The molecule has 24 heavy (non-hydrogen) atoms. The third-order valence-electron chi connectivity index (χ3n) is 4.48. The van der Waals surface area contributed by atoms with Crippen LogP contribution >= 0.6 is 0 Å². The monoisotopic (exact) mass is 333 g/mol. The number of carbonyl (C=O) groups excluding carboxylic acids is 1. The van der Waals surface area contributed by atoms with Crippen LogP contribution in [-0.4, -0.2) is 68.7 Å². The van der Waals surface area contributed by atoms with E-state index in [1.807, 2.05) is 0 Å². The Kier molecular flexibility index (Phi) is 4.03. The summed E-state index contributed by atoms with van der Waals surface area (Å²) >= 11 is 0. The molecule has 0 aliphatic carbocycles. The van der Waals surface area contributed by atoms with Crippen molar-refractivity contribution in [1.29, 1.82) is 0 Å². The summed E-state index contributed by atoms with van der Waals surface area (Å²) in [6.07, 6.45) is 6.43. The first-order valence-electron chi connectivity index (χ1n) is 8.02. The lowest BCUT2D eigenvalue weighted by molar-refractivity contribution is -0.0882. The van der Waals surface area contributed by atoms with Crippen LogP contribution in [0.25, 0.3) is 0 Å². The van der Waals surface area contributed by atoms with Crippen molar-refractivity contribution in [2.75, 3.05) is 26.3 Å². The SMILES string of the molecule is O=C(c1ccno1)N1CCOC[C@]2(CC[C@@H](Cn3cncn3)O2)C1. The average molecular weight is 333 g/mol. The second-order valence-electron chi connectivity index (χ2n) is 6.24. The summed E-state index contributed by atoms with van der Waals surface area (Å²) in [5, 5.41) is 7.72. The van der Waals surface area contributed by atoms with Crippen molar-refractivity contribution < 1.29 is 18.8 Å². The summed E-state index contributed by atoms with van der Waals surface area (Å²) in [4.78, 5) is 18.2. The number of aromatic nitrogens is 4. The Bertz CT molecular complexity index is 674. The number of carbonyl (C=O) groups is 1. The third-order valence-corrected chi connectivity index (χ3v) is 4.48. The zero-order valence-corrected chi connectivity index (χ0v) is 13.2. The smallest absolute Gasteiger partial charge is 0.292 e. The highest BCUT2D eigenvalue weighted by Crippen LogP contribution is 2.34. The first-order chi connectivity index (χ1) is 11.7. The fourth-order valence-corrected chi connectivity index (χ4v) is 3.34. The molecule has 0 N–H and O–H groups in total. The van der Waals surface area contributed by atoms with Gasteiger partial charge in [-0.25, -0.2) is 4.98 Å². The molecule has 2 aromatic heterocycles. The molecular weight excluding hydrogens is 314 g/mol. The van der Waals surface area contributed by atoms with Gasteiger partial charge in [0.2, 0.25) is 5.76 Å². The van der Waals surface area contributed by atoms with Crippen molar-refractivity contribution in [2.45, 2.75) is 31.1 Å². The average Bonchev–Trinajstić information content (AvgIpc) is 3.30. The lowest BCUT2D eigenvalue weighted by Gasteiger charge is -2.31. The molecule has 9 nitrogen and oxygen atoms in total. The number of hydrogen-bond acceptors (Lipinski definition) is 7. The Hall–Kier alpha value is -2.26. The topological polar surface area (TPSA) is 95.5 Å². The standard InChI is InChI=1S/C15H19N5O4/c21-14(13-2-4-18-24-13)19-5-6-22-9-15(8-19)3-1-12(23-15)7-20-11-16-10-17-20/h2,4,10-12H,1,3,5-9H2/t12-,15-/m0/s1. The molecule has 2 fully saturated rings. The maximum absolute atomic E-state index is 12.6. The summed E-state index contributed by atoms with van der Waals surface area (Å²) in [6.45, 7) is 2.62. The van der Waals surface area contributed by atoms with Crippen molar-refractivity contribution in [3.05, 3.63) is 30.7 Å². The van der Waals surface area contributed by atoms with Crippen LogP contribution in [0.5, 0.6) is 0 Å². The van der Waals surface area contributed by atoms with Crippen LogP contribution in [0.1, 0.15) is 23.4 Å². The van der Waals surface area contributed by atoms with Gasteiger partial charge in [0.1, 0.15) is 18.3 Å². The lowest BCUT2D eigenvalue weighted by Crippen LogP contribution is -2.46. The third kappa shape index (κ3) is 3.04. The summed E-state index contributed by atoms with van der Waals surface area (Å²) in [7, 11) is 0. The van der Waals surface area contributed by atoms with Crippen LogP contribution in [0.2, 0.25) is 0 Å². The van der Waals surface area contributed by atoms with Gasteiger partial charge in [0.05, 0.1) is 38.6 Å². The Balaban J connectivity index is 1.45. The van der Waals surface area contributed by atoms with Crippen LogP contribution in [0, 0.1) is 0 Å². The zero-order valence-electron chi connectivity index (χ0n) is 13.2. The summed E-state index contributed by atoms with van der Waals surface area (Å²) < 4.78 is 18.8. The highest BCUT2D eigenvalue weighted by molar-refractivity contribution is 5.91. The van der Waals surface area contributed by atoms with Crippen molar-refractivity contribution in [2.24, 2.45) is 0 Å². The predicted octanol–water partition coefficient (Wildman–Crippen LogP) is 0.356. The second kappa shape index (κ2) is 6.33. The van der Waals surface area contributed by atoms with Crippen molar-refractivity contribution in [3.8, 4) is 0 Å². The Morgan fingerprint density at radius 2 is 2.42 bits per heavy atom. The molecule has 2 aliphatic heterocycles. The largest absolute Gasteiger partial charge is 0.377 e. The Labute approximate surface area is 138 Å². The van der Waals surface area contributed by atoms with Gasteiger partial charge in [-0.2, -0.15) is 5.10 Å². The van der Waals surface area contributed by atoms with Gasteiger partial charge >= 0.3 is 0 Å². The quantitative estimate of drug-likeness (QED) is 0.800. The van der Waals surface area contributed by atoms with Crippen LogP contribution in [-0.2, 0) is 16.0 Å². The maximum atomic E-state index is 12.6. The van der Waals surface area contributed by atoms with E-state index in [9.17, 15) is 4.79 Å². The normalized spacial score (nSPS) is 27.5. The molecular formula is C15H19N5O4. The molecule has 4 heterocycles. The molecule has 1 amide bonds. The van der Waals surface area contributed by atoms with Gasteiger partial charge in [0.15, 0.2) is 0 Å². The van der Waals surface area contributed by atoms with Crippen molar-refractivity contribution in [3.63, 3.8) is 0 Å². The van der Waals surface area contributed by atoms with Gasteiger partial charge in [-0.1, -0.05) is 5.16 Å². The lowest BCUT2D eigenvalue weighted by atomic mass is 10.00. The molecule has 0 unspecified atom stereocenters. The zero-order chi connectivity index (χ0) is 16.4. The van der Waals surface area contributed by atoms with E-state index in [1.54, 1.807) is 22.0 Å². The molecule has 1 spiro atoms. The molecule has 9 heteroatoms. The molecule has 0 radical (unpaired) electrons. The summed E-state index contributed by atoms with van der Waals surface area (Å²) in [5.41, 5.74) is -0.475. The highest BCUT2D eigenvalue weighted by atomic mass is 16.6. The van der Waals surface area contributed by atoms with Gasteiger partial charge in [0.25, 0.3) is 5.91 Å². The van der Waals surface area contributed by atoms with Gasteiger partial charge < -0.3 is 18.9 Å².